The smallest absolute Gasteiger partial charge is 0.348 e. The van der Waals surface area contributed by atoms with Gasteiger partial charge in [-0.1, -0.05) is 26.7 Å². The number of nitrogens with one attached hydrogen (secondary N) is 2. The lowest BCUT2D eigenvalue weighted by atomic mass is 9.95. The number of hydrogen-bond acceptors (Lipinski definition) is 5. The molecule has 0 spiro atoms. The zero-order chi connectivity index (χ0) is 13.8. The van der Waals surface area contributed by atoms with E-state index in [9.17, 15) is 4.79 Å². The Hall–Kier alpha value is -1.89. The van der Waals surface area contributed by atoms with Crippen molar-refractivity contribution in [2.75, 3.05) is 11.9 Å². The van der Waals surface area contributed by atoms with Crippen LogP contribution in [-0.4, -0.2) is 32.2 Å². The van der Waals surface area contributed by atoms with Crippen LogP contribution < -0.4 is 16.7 Å². The van der Waals surface area contributed by atoms with Gasteiger partial charge in [0.2, 0.25) is 0 Å². The molecule has 0 aliphatic carbocycles. The number of nitrogens with zero attached hydrogens (tertiary/aromatic N) is 3. The van der Waals surface area contributed by atoms with Crippen LogP contribution in [0.2, 0.25) is 0 Å². The molecular weight excluding hydrogens is 244 g/mol. The first-order valence-corrected chi connectivity index (χ1v) is 6.58. The molecule has 1 unspecified atom stereocenters. The lowest BCUT2D eigenvalue weighted by Crippen LogP contribution is -2.36. The van der Waals surface area contributed by atoms with Gasteiger partial charge in [-0.05, 0) is 5.92 Å². The molecule has 19 heavy (non-hydrogen) atoms. The van der Waals surface area contributed by atoms with E-state index in [0.29, 0.717) is 23.9 Å². The van der Waals surface area contributed by atoms with Crippen molar-refractivity contribution < 1.29 is 0 Å². The summed E-state index contributed by atoms with van der Waals surface area (Å²) in [5.41, 5.74) is 6.39. The lowest BCUT2D eigenvalue weighted by Gasteiger charge is -2.21. The second-order valence-corrected chi connectivity index (χ2v) is 4.65. The zero-order valence-corrected chi connectivity index (χ0v) is 11.3. The van der Waals surface area contributed by atoms with Crippen molar-refractivity contribution in [3.63, 3.8) is 0 Å². The molecule has 2 aromatic rings. The minimum absolute atomic E-state index is 0.0920. The van der Waals surface area contributed by atoms with Crippen molar-refractivity contribution in [2.45, 2.75) is 32.7 Å². The molecule has 0 aliphatic rings. The summed E-state index contributed by atoms with van der Waals surface area (Å²) in [5.74, 6) is 1.18. The van der Waals surface area contributed by atoms with Gasteiger partial charge in [0.1, 0.15) is 12.1 Å². The van der Waals surface area contributed by atoms with Crippen molar-refractivity contribution >= 4 is 11.5 Å². The van der Waals surface area contributed by atoms with Gasteiger partial charge in [0.15, 0.2) is 5.65 Å². The van der Waals surface area contributed by atoms with Gasteiger partial charge in [-0.3, -0.25) is 0 Å². The van der Waals surface area contributed by atoms with E-state index in [1.807, 2.05) is 0 Å². The quantitative estimate of drug-likeness (QED) is 0.709. The average Bonchev–Trinajstić information content (AvgIpc) is 2.79. The Morgan fingerprint density at radius 1 is 1.47 bits per heavy atom. The third-order valence-corrected chi connectivity index (χ3v) is 3.48. The summed E-state index contributed by atoms with van der Waals surface area (Å²) in [5, 5.41) is 9.45. The third kappa shape index (κ3) is 2.93. The number of hydrogen-bond donors (Lipinski definition) is 3. The van der Waals surface area contributed by atoms with Crippen LogP contribution in [0.25, 0.3) is 5.65 Å². The van der Waals surface area contributed by atoms with Gasteiger partial charge in [0.25, 0.3) is 0 Å². The SMILES string of the molecule is CCC(CC)C(N)CNc1cc2n[nH]c(=O)n2cn1. The van der Waals surface area contributed by atoms with Gasteiger partial charge in [-0.15, -0.1) is 0 Å². The van der Waals surface area contributed by atoms with E-state index in [1.165, 1.54) is 10.7 Å². The predicted molar refractivity (Wildman–Crippen MR) is 74.1 cm³/mol. The lowest BCUT2D eigenvalue weighted by molar-refractivity contribution is 0.407. The maximum atomic E-state index is 11.3. The summed E-state index contributed by atoms with van der Waals surface area (Å²) in [7, 11) is 0. The van der Waals surface area contributed by atoms with E-state index in [4.69, 9.17) is 5.73 Å². The molecule has 0 saturated heterocycles. The molecule has 104 valence electrons. The number of aromatic amines is 1. The maximum absolute atomic E-state index is 11.3. The summed E-state index contributed by atoms with van der Waals surface area (Å²) >= 11 is 0. The average molecular weight is 264 g/mol. The van der Waals surface area contributed by atoms with E-state index in [-0.39, 0.29) is 11.7 Å². The normalized spacial score (nSPS) is 13.1. The fraction of sp³-hybridized carbons (Fsp3) is 0.583. The molecule has 7 nitrogen and oxygen atoms in total. The highest BCUT2D eigenvalue weighted by Gasteiger charge is 2.13. The van der Waals surface area contributed by atoms with Crippen molar-refractivity contribution in [3.05, 3.63) is 22.9 Å². The molecule has 0 aliphatic heterocycles. The summed E-state index contributed by atoms with van der Waals surface area (Å²) in [6.07, 6.45) is 3.59. The molecular formula is C12H20N6O. The first-order chi connectivity index (χ1) is 9.15. The molecule has 0 bridgehead atoms. The Balaban J connectivity index is 2.03. The fourth-order valence-corrected chi connectivity index (χ4v) is 2.19. The summed E-state index contributed by atoms with van der Waals surface area (Å²) < 4.78 is 1.35. The van der Waals surface area contributed by atoms with Gasteiger partial charge in [-0.25, -0.2) is 19.3 Å². The Kier molecular flexibility index (Phi) is 4.16. The summed E-state index contributed by atoms with van der Waals surface area (Å²) in [6, 6.07) is 1.81. The zero-order valence-electron chi connectivity index (χ0n) is 11.3. The van der Waals surface area contributed by atoms with E-state index in [0.717, 1.165) is 12.8 Å². The van der Waals surface area contributed by atoms with Crippen LogP contribution >= 0.6 is 0 Å². The number of anilines is 1. The summed E-state index contributed by atoms with van der Waals surface area (Å²) in [6.45, 7) is 4.95. The minimum atomic E-state index is -0.289. The van der Waals surface area contributed by atoms with Crippen molar-refractivity contribution in [3.8, 4) is 0 Å². The number of nitrogens with two attached hydrogens (primary N) is 1. The molecule has 0 radical (unpaired) electrons. The standard InChI is InChI=1S/C12H20N6O/c1-3-8(4-2)9(13)6-14-10-5-11-16-17-12(19)18(11)7-15-10/h5,7-9,14H,3-4,6,13H2,1-2H3,(H,17,19). The highest BCUT2D eigenvalue weighted by atomic mass is 16.1. The third-order valence-electron chi connectivity index (χ3n) is 3.48. The Labute approximate surface area is 111 Å². The molecule has 0 amide bonds. The fourth-order valence-electron chi connectivity index (χ4n) is 2.19. The van der Waals surface area contributed by atoms with Crippen LogP contribution in [0, 0.1) is 5.92 Å². The topological polar surface area (TPSA) is 101 Å². The van der Waals surface area contributed by atoms with Crippen LogP contribution in [-0.2, 0) is 0 Å². The van der Waals surface area contributed by atoms with Gasteiger partial charge < -0.3 is 11.1 Å². The molecule has 1 atom stereocenters. The Morgan fingerprint density at radius 3 is 2.89 bits per heavy atom. The number of H-pyrrole nitrogens is 1. The van der Waals surface area contributed by atoms with E-state index >= 15 is 0 Å². The van der Waals surface area contributed by atoms with Crippen LogP contribution in [0.3, 0.4) is 0 Å². The largest absolute Gasteiger partial charge is 0.368 e. The predicted octanol–water partition coefficient (Wildman–Crippen LogP) is 0.593. The Bertz CT molecular complexity index is 585. The van der Waals surface area contributed by atoms with Crippen LogP contribution in [0.4, 0.5) is 5.82 Å². The first kappa shape index (κ1) is 13.5. The van der Waals surface area contributed by atoms with E-state index < -0.39 is 0 Å². The Morgan fingerprint density at radius 2 is 2.21 bits per heavy atom. The summed E-state index contributed by atoms with van der Waals surface area (Å²) in [4.78, 5) is 15.4. The van der Waals surface area contributed by atoms with Crippen LogP contribution in [0.1, 0.15) is 26.7 Å². The van der Waals surface area contributed by atoms with E-state index in [1.54, 1.807) is 6.07 Å². The number of fused-ring (bicyclic) bond motifs is 1. The van der Waals surface area contributed by atoms with Crippen molar-refractivity contribution in [1.82, 2.24) is 19.6 Å². The monoisotopic (exact) mass is 264 g/mol. The molecule has 4 N–H and O–H groups in total. The minimum Gasteiger partial charge on any atom is -0.368 e. The second-order valence-electron chi connectivity index (χ2n) is 4.65. The first-order valence-electron chi connectivity index (χ1n) is 6.58. The van der Waals surface area contributed by atoms with Gasteiger partial charge in [0, 0.05) is 18.7 Å². The molecule has 0 saturated carbocycles. The molecule has 0 fully saturated rings. The van der Waals surface area contributed by atoms with Gasteiger partial charge >= 0.3 is 5.69 Å². The van der Waals surface area contributed by atoms with Crippen molar-refractivity contribution in [2.24, 2.45) is 11.7 Å². The highest BCUT2D eigenvalue weighted by Crippen LogP contribution is 2.12. The maximum Gasteiger partial charge on any atom is 0.348 e. The van der Waals surface area contributed by atoms with Crippen LogP contribution in [0.5, 0.6) is 0 Å². The van der Waals surface area contributed by atoms with Crippen molar-refractivity contribution in [1.29, 1.82) is 0 Å². The number of rotatable bonds is 6. The molecule has 2 rings (SSSR count). The molecule has 7 heteroatoms. The van der Waals surface area contributed by atoms with Crippen LogP contribution in [0.15, 0.2) is 17.2 Å². The van der Waals surface area contributed by atoms with Gasteiger partial charge in [0.05, 0.1) is 0 Å². The molecule has 0 aromatic carbocycles. The van der Waals surface area contributed by atoms with E-state index in [2.05, 4.69) is 34.3 Å². The molecule has 2 aromatic heterocycles. The number of aromatic nitrogens is 4. The highest BCUT2D eigenvalue weighted by molar-refractivity contribution is 5.48. The second kappa shape index (κ2) is 5.83. The molecule has 2 heterocycles. The van der Waals surface area contributed by atoms with Gasteiger partial charge in [-0.2, -0.15) is 5.10 Å².